The molecule has 16 heavy (non-hydrogen) atoms. The van der Waals surface area contributed by atoms with E-state index in [-0.39, 0.29) is 11.8 Å². The van der Waals surface area contributed by atoms with E-state index >= 15 is 0 Å². The Labute approximate surface area is 99.8 Å². The molecule has 0 saturated heterocycles. The summed E-state index contributed by atoms with van der Waals surface area (Å²) in [5, 5.41) is 3.30. The number of nitrogens with one attached hydrogen (secondary N) is 1. The van der Waals surface area contributed by atoms with Crippen LogP contribution in [-0.4, -0.2) is 21.0 Å². The number of alkyl halides is 1. The monoisotopic (exact) mass is 241 g/mol. The van der Waals surface area contributed by atoms with E-state index in [1.165, 1.54) is 32.1 Å². The van der Waals surface area contributed by atoms with E-state index in [0.29, 0.717) is 17.8 Å². The fraction of sp³-hybridized carbons (Fsp3) is 0.700. The number of aromatic nitrogens is 3. The lowest BCUT2D eigenvalue weighted by molar-refractivity contribution is 0.460. The summed E-state index contributed by atoms with van der Waals surface area (Å²) in [6.07, 6.45) is 6.19. The van der Waals surface area contributed by atoms with Gasteiger partial charge in [-0.05, 0) is 12.8 Å². The van der Waals surface area contributed by atoms with E-state index in [0.717, 1.165) is 0 Å². The fourth-order valence-corrected chi connectivity index (χ4v) is 2.11. The van der Waals surface area contributed by atoms with E-state index in [9.17, 15) is 0 Å². The van der Waals surface area contributed by atoms with Crippen molar-refractivity contribution in [2.45, 2.75) is 44.0 Å². The van der Waals surface area contributed by atoms with Crippen LogP contribution >= 0.6 is 11.6 Å². The first kappa shape index (κ1) is 11.4. The summed E-state index contributed by atoms with van der Waals surface area (Å²) in [5.41, 5.74) is 5.58. The third-order valence-electron chi connectivity index (χ3n) is 2.76. The molecule has 0 aliphatic heterocycles. The lowest BCUT2D eigenvalue weighted by Crippen LogP contribution is -2.24. The van der Waals surface area contributed by atoms with Crippen molar-refractivity contribution in [1.29, 1.82) is 0 Å². The van der Waals surface area contributed by atoms with E-state index in [1.54, 1.807) is 0 Å². The molecule has 2 rings (SSSR count). The summed E-state index contributed by atoms with van der Waals surface area (Å²) in [5.74, 6) is 1.55. The third kappa shape index (κ3) is 2.95. The van der Waals surface area contributed by atoms with Gasteiger partial charge >= 0.3 is 0 Å². The third-order valence-corrected chi connectivity index (χ3v) is 3.00. The van der Waals surface area contributed by atoms with Crippen molar-refractivity contribution in [2.75, 3.05) is 11.1 Å². The molecule has 1 heterocycles. The molecule has 0 amide bonds. The second-order valence-electron chi connectivity index (χ2n) is 4.05. The Morgan fingerprint density at radius 1 is 1.19 bits per heavy atom. The van der Waals surface area contributed by atoms with Crippen LogP contribution in [-0.2, 0) is 5.88 Å². The molecule has 3 N–H and O–H groups in total. The Morgan fingerprint density at radius 3 is 2.62 bits per heavy atom. The Balaban J connectivity index is 2.04. The van der Waals surface area contributed by atoms with Crippen molar-refractivity contribution in [3.63, 3.8) is 0 Å². The minimum absolute atomic E-state index is 0.226. The van der Waals surface area contributed by atoms with Gasteiger partial charge in [-0.2, -0.15) is 15.0 Å². The zero-order chi connectivity index (χ0) is 11.4. The van der Waals surface area contributed by atoms with Gasteiger partial charge in [0, 0.05) is 6.04 Å². The van der Waals surface area contributed by atoms with E-state index in [2.05, 4.69) is 20.3 Å². The van der Waals surface area contributed by atoms with Crippen molar-refractivity contribution in [3.05, 3.63) is 5.82 Å². The van der Waals surface area contributed by atoms with Crippen molar-refractivity contribution in [2.24, 2.45) is 0 Å². The van der Waals surface area contributed by atoms with E-state index in [1.807, 2.05) is 0 Å². The normalized spacial score (nSPS) is 17.3. The van der Waals surface area contributed by atoms with Crippen molar-refractivity contribution in [3.8, 4) is 0 Å². The molecule has 0 atom stereocenters. The topological polar surface area (TPSA) is 76.7 Å². The molecule has 5 nitrogen and oxygen atoms in total. The standard InChI is InChI=1S/C10H16ClN5/c11-6-8-14-9(12)16-10(15-8)13-7-4-2-1-3-5-7/h7H,1-6H2,(H3,12,13,14,15,16). The quantitative estimate of drug-likeness (QED) is 0.791. The van der Waals surface area contributed by atoms with Gasteiger partial charge in [0.1, 0.15) is 0 Å². The second-order valence-corrected chi connectivity index (χ2v) is 4.31. The molecule has 0 bridgehead atoms. The Kier molecular flexibility index (Phi) is 3.77. The summed E-state index contributed by atoms with van der Waals surface area (Å²) in [7, 11) is 0. The van der Waals surface area contributed by atoms with Gasteiger partial charge in [-0.1, -0.05) is 19.3 Å². The summed E-state index contributed by atoms with van der Waals surface area (Å²) in [6.45, 7) is 0. The predicted molar refractivity (Wildman–Crippen MR) is 64.3 cm³/mol. The van der Waals surface area contributed by atoms with Gasteiger partial charge < -0.3 is 11.1 Å². The molecule has 1 aliphatic rings. The van der Waals surface area contributed by atoms with Crippen molar-refractivity contribution in [1.82, 2.24) is 15.0 Å². The van der Waals surface area contributed by atoms with Crippen molar-refractivity contribution >= 4 is 23.5 Å². The molecular weight excluding hydrogens is 226 g/mol. The van der Waals surface area contributed by atoms with Crippen LogP contribution in [0, 0.1) is 0 Å². The summed E-state index contributed by atoms with van der Waals surface area (Å²) >= 11 is 5.68. The van der Waals surface area contributed by atoms with Crippen LogP contribution in [0.3, 0.4) is 0 Å². The molecule has 1 aromatic rings. The van der Waals surface area contributed by atoms with Crippen LogP contribution in [0.25, 0.3) is 0 Å². The van der Waals surface area contributed by atoms with Crippen LogP contribution in [0.4, 0.5) is 11.9 Å². The molecule has 1 saturated carbocycles. The van der Waals surface area contributed by atoms with Gasteiger partial charge in [0.2, 0.25) is 11.9 Å². The first-order valence-corrected chi connectivity index (χ1v) is 6.14. The summed E-state index contributed by atoms with van der Waals surface area (Å²) in [6, 6.07) is 0.457. The van der Waals surface area contributed by atoms with Gasteiger partial charge in [0.25, 0.3) is 0 Å². The number of nitrogens with two attached hydrogens (primary N) is 1. The molecular formula is C10H16ClN5. The van der Waals surface area contributed by atoms with Crippen LogP contribution in [0.2, 0.25) is 0 Å². The zero-order valence-electron chi connectivity index (χ0n) is 9.12. The molecule has 1 fully saturated rings. The molecule has 6 heteroatoms. The highest BCUT2D eigenvalue weighted by Crippen LogP contribution is 2.20. The number of rotatable bonds is 3. The van der Waals surface area contributed by atoms with Crippen molar-refractivity contribution < 1.29 is 0 Å². The second kappa shape index (κ2) is 5.30. The average Bonchev–Trinajstić information content (AvgIpc) is 2.29. The Hall–Kier alpha value is -1.10. The number of halogens is 1. The number of nitrogen functional groups attached to an aromatic ring is 1. The number of hydrogen-bond donors (Lipinski definition) is 2. The minimum Gasteiger partial charge on any atom is -0.368 e. The molecule has 0 aromatic carbocycles. The molecule has 88 valence electrons. The van der Waals surface area contributed by atoms with Crippen LogP contribution in [0.5, 0.6) is 0 Å². The maximum absolute atomic E-state index is 5.68. The summed E-state index contributed by atoms with van der Waals surface area (Å²) in [4.78, 5) is 12.2. The highest BCUT2D eigenvalue weighted by atomic mass is 35.5. The maximum Gasteiger partial charge on any atom is 0.227 e. The van der Waals surface area contributed by atoms with E-state index in [4.69, 9.17) is 17.3 Å². The molecule has 1 aliphatic carbocycles. The SMILES string of the molecule is Nc1nc(CCl)nc(NC2CCCCC2)n1. The first-order valence-electron chi connectivity index (χ1n) is 5.61. The minimum atomic E-state index is 0.226. The van der Waals surface area contributed by atoms with Crippen LogP contribution in [0.1, 0.15) is 37.9 Å². The Bertz CT molecular complexity index is 351. The fourth-order valence-electron chi connectivity index (χ4n) is 1.99. The number of hydrogen-bond acceptors (Lipinski definition) is 5. The molecule has 0 spiro atoms. The van der Waals surface area contributed by atoms with Crippen LogP contribution < -0.4 is 11.1 Å². The first-order chi connectivity index (χ1) is 7.78. The van der Waals surface area contributed by atoms with Crippen LogP contribution in [0.15, 0.2) is 0 Å². The average molecular weight is 242 g/mol. The number of nitrogens with zero attached hydrogens (tertiary/aromatic N) is 3. The van der Waals surface area contributed by atoms with Gasteiger partial charge in [0.05, 0.1) is 5.88 Å². The Morgan fingerprint density at radius 2 is 1.94 bits per heavy atom. The van der Waals surface area contributed by atoms with E-state index < -0.39 is 0 Å². The van der Waals surface area contributed by atoms with Gasteiger partial charge in [-0.3, -0.25) is 0 Å². The lowest BCUT2D eigenvalue weighted by atomic mass is 9.96. The highest BCUT2D eigenvalue weighted by molar-refractivity contribution is 6.16. The van der Waals surface area contributed by atoms with Gasteiger partial charge in [-0.25, -0.2) is 0 Å². The smallest absolute Gasteiger partial charge is 0.227 e. The summed E-state index contributed by atoms with van der Waals surface area (Å²) < 4.78 is 0. The van der Waals surface area contributed by atoms with Gasteiger partial charge in [-0.15, -0.1) is 11.6 Å². The zero-order valence-corrected chi connectivity index (χ0v) is 9.87. The largest absolute Gasteiger partial charge is 0.368 e. The number of anilines is 2. The molecule has 1 aromatic heterocycles. The van der Waals surface area contributed by atoms with Gasteiger partial charge in [0.15, 0.2) is 5.82 Å². The maximum atomic E-state index is 5.68. The predicted octanol–water partition coefficient (Wildman–Crippen LogP) is 1.94. The molecule has 0 radical (unpaired) electrons. The lowest BCUT2D eigenvalue weighted by Gasteiger charge is -2.22. The highest BCUT2D eigenvalue weighted by Gasteiger charge is 2.14. The molecule has 0 unspecified atom stereocenters.